The number of nitrogens with two attached hydrogens (primary N) is 1. The lowest BCUT2D eigenvalue weighted by Crippen LogP contribution is -2.30. The second-order valence-corrected chi connectivity index (χ2v) is 20.9. The van der Waals surface area contributed by atoms with Gasteiger partial charge < -0.3 is 29.7 Å². The molecular formula is C57H93N6O12P. The van der Waals surface area contributed by atoms with E-state index >= 15 is 0 Å². The number of phosphoric ester groups is 1. The number of hydroxylamine groups is 1. The molecule has 428 valence electrons. The molecule has 0 saturated heterocycles. The molecule has 3 rings (SSSR count). The monoisotopic (exact) mass is 1080 g/mol. The van der Waals surface area contributed by atoms with Crippen molar-refractivity contribution in [3.05, 3.63) is 70.2 Å². The lowest BCUT2D eigenvalue weighted by atomic mass is 10.1. The number of unbranched alkanes of at least 4 members (excludes halogenated alkanes) is 22. The summed E-state index contributed by atoms with van der Waals surface area (Å²) in [6.45, 7) is 5.49. The van der Waals surface area contributed by atoms with E-state index in [0.717, 1.165) is 77.0 Å². The third-order valence-corrected chi connectivity index (χ3v) is 14.0. The van der Waals surface area contributed by atoms with E-state index in [4.69, 9.17) is 38.4 Å². The fraction of sp³-hybridized carbons (Fsp3) is 0.684. The highest BCUT2D eigenvalue weighted by Gasteiger charge is 2.31. The minimum absolute atomic E-state index is 0.0165. The van der Waals surface area contributed by atoms with E-state index in [1.54, 1.807) is 19.1 Å². The zero-order valence-electron chi connectivity index (χ0n) is 46.5. The number of H-pyrrole nitrogens is 1. The zero-order valence-corrected chi connectivity index (χ0v) is 47.4. The van der Waals surface area contributed by atoms with Crippen molar-refractivity contribution in [2.75, 3.05) is 45.9 Å². The van der Waals surface area contributed by atoms with Crippen LogP contribution < -0.4 is 21.6 Å². The molecule has 0 aliphatic carbocycles. The van der Waals surface area contributed by atoms with Crippen LogP contribution in [0.4, 0.5) is 5.82 Å². The topological polar surface area (TPSA) is 235 Å². The van der Waals surface area contributed by atoms with Crippen LogP contribution in [0.25, 0.3) is 11.2 Å². The molecule has 18 nitrogen and oxygen atoms in total. The first-order chi connectivity index (χ1) is 37.0. The third-order valence-electron chi connectivity index (χ3n) is 12.6. The summed E-state index contributed by atoms with van der Waals surface area (Å²) in [5.41, 5.74) is 8.75. The first kappa shape index (κ1) is 65.4. The maximum Gasteiger partial charge on any atom is 0.496 e. The largest absolute Gasteiger partial charge is 0.496 e. The fourth-order valence-electron chi connectivity index (χ4n) is 8.33. The summed E-state index contributed by atoms with van der Waals surface area (Å²) >= 11 is 0. The summed E-state index contributed by atoms with van der Waals surface area (Å²) in [6.07, 6.45) is 37.9. The molecule has 0 aliphatic heterocycles. The van der Waals surface area contributed by atoms with Crippen LogP contribution in [0.5, 0.6) is 6.01 Å². The number of nitrogen functional groups attached to an aromatic ring is 1. The second kappa shape index (κ2) is 41.3. The number of aromatic amines is 1. The van der Waals surface area contributed by atoms with Crippen LogP contribution in [0.2, 0.25) is 0 Å². The van der Waals surface area contributed by atoms with Gasteiger partial charge in [-0.3, -0.25) is 28.0 Å². The number of hydrogen-bond donors (Lipinski definition) is 3. The number of allylic oxidation sites excluding steroid dienone is 4. The Labute approximate surface area is 452 Å². The maximum atomic E-state index is 13.8. The zero-order chi connectivity index (χ0) is 54.9. The summed E-state index contributed by atoms with van der Waals surface area (Å²) in [7, 11) is -2.99. The normalized spacial score (nSPS) is 12.9. The van der Waals surface area contributed by atoms with Gasteiger partial charge in [-0.15, -0.1) is 0 Å². The molecule has 2 heterocycles. The average molecular weight is 1090 g/mol. The predicted molar refractivity (Wildman–Crippen MR) is 299 cm³/mol. The Morgan fingerprint density at radius 3 is 1.83 bits per heavy atom. The summed E-state index contributed by atoms with van der Waals surface area (Å²) < 4.78 is 53.2. The van der Waals surface area contributed by atoms with E-state index in [1.165, 1.54) is 101 Å². The molecule has 0 bridgehead atoms. The van der Waals surface area contributed by atoms with Gasteiger partial charge >= 0.3 is 31.5 Å². The smallest absolute Gasteiger partial charge is 0.462 e. The second-order valence-electron chi connectivity index (χ2n) is 19.3. The summed E-state index contributed by atoms with van der Waals surface area (Å²) in [5.74, 6) is -1.74. The van der Waals surface area contributed by atoms with Crippen molar-refractivity contribution in [2.45, 2.75) is 213 Å². The van der Waals surface area contributed by atoms with E-state index in [0.29, 0.717) is 18.4 Å². The van der Waals surface area contributed by atoms with Gasteiger partial charge in [0.1, 0.15) is 18.7 Å². The molecule has 2 atom stereocenters. The molecule has 19 heteroatoms. The Hall–Kier alpha value is -4.87. The van der Waals surface area contributed by atoms with Crippen LogP contribution >= 0.6 is 7.82 Å². The number of rotatable bonds is 47. The molecule has 0 saturated carbocycles. The number of phosphoric acid groups is 1. The number of ether oxygens (including phenoxy) is 4. The summed E-state index contributed by atoms with van der Waals surface area (Å²) in [5, 5.41) is 0. The Morgan fingerprint density at radius 2 is 1.26 bits per heavy atom. The molecule has 76 heavy (non-hydrogen) atoms. The van der Waals surface area contributed by atoms with Crippen molar-refractivity contribution in [3.8, 4) is 6.01 Å². The highest BCUT2D eigenvalue weighted by atomic mass is 31.2. The Kier molecular flexibility index (Phi) is 35.5. The average Bonchev–Trinajstić information content (AvgIpc) is 3.72. The summed E-state index contributed by atoms with van der Waals surface area (Å²) in [6, 6.07) is 6.26. The molecule has 4 N–H and O–H groups in total. The van der Waals surface area contributed by atoms with Gasteiger partial charge in [-0.1, -0.05) is 153 Å². The molecule has 1 amide bonds. The number of nitrogens with one attached hydrogen (secondary N) is 2. The van der Waals surface area contributed by atoms with Gasteiger partial charge in [-0.05, 0) is 88.8 Å². The molecule has 1 aromatic carbocycles. The van der Waals surface area contributed by atoms with Crippen molar-refractivity contribution in [1.29, 1.82) is 0 Å². The van der Waals surface area contributed by atoms with E-state index < -0.39 is 44.1 Å². The van der Waals surface area contributed by atoms with E-state index in [1.807, 2.05) is 0 Å². The first-order valence-electron chi connectivity index (χ1n) is 28.5. The first-order valence-corrected chi connectivity index (χ1v) is 30.0. The highest BCUT2D eigenvalue weighted by molar-refractivity contribution is 7.48. The van der Waals surface area contributed by atoms with Gasteiger partial charge in [0, 0.05) is 25.5 Å². The van der Waals surface area contributed by atoms with Crippen LogP contribution in [0, 0.1) is 0 Å². The molecular weight excluding hydrogens is 992 g/mol. The Morgan fingerprint density at radius 1 is 0.711 bits per heavy atom. The van der Waals surface area contributed by atoms with Crippen LogP contribution in [0.1, 0.15) is 216 Å². The number of carbonyl (C=O) groups is 3. The number of benzene rings is 1. The number of carbonyl (C=O) groups excluding carboxylic acids is 3. The number of hydrogen-bond acceptors (Lipinski definition) is 15. The lowest BCUT2D eigenvalue weighted by molar-refractivity contribution is -0.161. The standard InChI is InChI=1S/C57H93N6O12P/c1-5-8-10-12-14-16-18-20-22-24-26-28-30-32-34-39-50(64)71-45-49(74-51(65)40-35-33-31-29-27-25-23-21-19-17-15-13-11-9-6-2)46-73-76(68,72-7-3)75-62-55(66)48-38-36-37-47(43-48)44-63-54-52(59-57(63)67)53(58)60-56(61-54)70-42-41-69-4/h20-23,36-38,43,49H,5-19,24-35,39-42,44-46H2,1-4H3,(H,59,67)(H,62,66)(H2,58,60,61)/b22-20-,23-21-. The van der Waals surface area contributed by atoms with Crippen molar-refractivity contribution in [2.24, 2.45) is 0 Å². The molecule has 2 aromatic heterocycles. The van der Waals surface area contributed by atoms with Crippen LogP contribution in [0.15, 0.2) is 53.4 Å². The van der Waals surface area contributed by atoms with E-state index in [9.17, 15) is 23.7 Å². The number of amides is 1. The van der Waals surface area contributed by atoms with Crippen LogP contribution in [0.3, 0.4) is 0 Å². The van der Waals surface area contributed by atoms with Gasteiger partial charge in [0.05, 0.1) is 26.4 Å². The molecule has 2 unspecified atom stereocenters. The molecule has 0 fully saturated rings. The quantitative estimate of drug-likeness (QED) is 0.0157. The van der Waals surface area contributed by atoms with Gasteiger partial charge in [-0.2, -0.15) is 14.6 Å². The summed E-state index contributed by atoms with van der Waals surface area (Å²) in [4.78, 5) is 63.5. The van der Waals surface area contributed by atoms with Crippen molar-refractivity contribution < 1.29 is 51.6 Å². The number of aromatic nitrogens is 4. The van der Waals surface area contributed by atoms with Crippen molar-refractivity contribution in [1.82, 2.24) is 25.0 Å². The number of methoxy groups -OCH3 is 1. The number of nitrogens with zero attached hydrogens (tertiary/aromatic N) is 3. The molecule has 0 radical (unpaired) electrons. The van der Waals surface area contributed by atoms with Crippen LogP contribution in [-0.2, 0) is 48.6 Å². The van der Waals surface area contributed by atoms with Crippen LogP contribution in [-0.4, -0.2) is 83.6 Å². The maximum absolute atomic E-state index is 13.8. The Bertz CT molecular complexity index is 2230. The highest BCUT2D eigenvalue weighted by Crippen LogP contribution is 2.48. The number of fused-ring (bicyclic) bond motifs is 1. The lowest BCUT2D eigenvalue weighted by Gasteiger charge is -2.21. The van der Waals surface area contributed by atoms with E-state index in [-0.39, 0.29) is 74.4 Å². The van der Waals surface area contributed by atoms with Crippen molar-refractivity contribution in [3.63, 3.8) is 0 Å². The third kappa shape index (κ3) is 29.0. The molecule has 3 aromatic rings. The number of anilines is 1. The molecule has 0 aliphatic rings. The van der Waals surface area contributed by atoms with Gasteiger partial charge in [0.15, 0.2) is 17.6 Å². The van der Waals surface area contributed by atoms with Crippen molar-refractivity contribution >= 4 is 42.7 Å². The SMILES string of the molecule is CCCCCCCC/C=C\CCCCCCCC(=O)OCC(COP(=O)(OCC)ONC(=O)c1cccc(Cn2c(=O)[nH]c3c(N)nc(OCCOC)nc32)c1)OC(=O)CCCCCCC/C=C\CCCCCCCC. The van der Waals surface area contributed by atoms with Gasteiger partial charge in [0.25, 0.3) is 5.91 Å². The van der Waals surface area contributed by atoms with E-state index in [2.05, 4.69) is 58.6 Å². The fourth-order valence-corrected chi connectivity index (χ4v) is 9.37. The van der Waals surface area contributed by atoms with Gasteiger partial charge in [0.2, 0.25) is 0 Å². The van der Waals surface area contributed by atoms with Gasteiger partial charge in [-0.25, -0.2) is 14.8 Å². The Balaban J connectivity index is 1.52. The predicted octanol–water partition coefficient (Wildman–Crippen LogP) is 13.1. The minimum atomic E-state index is -4.52. The number of esters is 2. The molecule has 0 spiro atoms. The number of imidazole rings is 1. The minimum Gasteiger partial charge on any atom is -0.462 e.